The highest BCUT2D eigenvalue weighted by Crippen LogP contribution is 2.61. The predicted molar refractivity (Wildman–Crippen MR) is 113 cm³/mol. The average molecular weight is 460 g/mol. The number of halogens is 3. The molecule has 8 heteroatoms. The minimum absolute atomic E-state index is 0.0309. The topological polar surface area (TPSA) is 57.0 Å². The predicted octanol–water partition coefficient (Wildman–Crippen LogP) is 5.47. The van der Waals surface area contributed by atoms with E-state index in [1.54, 1.807) is 4.57 Å². The number of fused-ring (bicyclic) bond motifs is 1. The summed E-state index contributed by atoms with van der Waals surface area (Å²) in [5.74, 6) is 1.29. The van der Waals surface area contributed by atoms with Gasteiger partial charge in [-0.1, -0.05) is 30.3 Å². The Labute approximate surface area is 190 Å². The fourth-order valence-electron chi connectivity index (χ4n) is 7.61. The molecule has 5 aliphatic rings. The van der Waals surface area contributed by atoms with E-state index in [9.17, 15) is 18.0 Å². The van der Waals surface area contributed by atoms with Gasteiger partial charge in [0.1, 0.15) is 11.6 Å². The summed E-state index contributed by atoms with van der Waals surface area (Å²) in [5.41, 5.74) is 0.997. The van der Waals surface area contributed by atoms with E-state index in [1.807, 2.05) is 18.2 Å². The second kappa shape index (κ2) is 7.57. The van der Waals surface area contributed by atoms with Crippen molar-refractivity contribution in [3.63, 3.8) is 0 Å². The summed E-state index contributed by atoms with van der Waals surface area (Å²) < 4.78 is 46.1. The van der Waals surface area contributed by atoms with Gasteiger partial charge in [0, 0.05) is 17.8 Å². The Morgan fingerprint density at radius 1 is 1.00 bits per heavy atom. The van der Waals surface area contributed by atoms with Crippen LogP contribution in [-0.4, -0.2) is 26.9 Å². The molecule has 7 rings (SSSR count). The third-order valence-corrected chi connectivity index (χ3v) is 8.45. The van der Waals surface area contributed by atoms with E-state index in [-0.39, 0.29) is 11.3 Å². The molecule has 1 aromatic heterocycles. The highest BCUT2D eigenvalue weighted by molar-refractivity contribution is 5.75. The van der Waals surface area contributed by atoms with E-state index in [0.717, 1.165) is 37.1 Å². The van der Waals surface area contributed by atoms with Gasteiger partial charge in [0.05, 0.1) is 0 Å². The number of rotatable bonds is 4. The van der Waals surface area contributed by atoms with Gasteiger partial charge in [0.25, 0.3) is 0 Å². The normalized spacial score (nSPS) is 34.8. The zero-order chi connectivity index (χ0) is 22.8. The van der Waals surface area contributed by atoms with Crippen LogP contribution in [0.15, 0.2) is 30.3 Å². The number of benzene rings is 1. The molecule has 4 bridgehead atoms. The lowest BCUT2D eigenvalue weighted by Gasteiger charge is -2.56. The first kappa shape index (κ1) is 21.2. The van der Waals surface area contributed by atoms with Crippen LogP contribution in [0.5, 0.6) is 0 Å². The van der Waals surface area contributed by atoms with Gasteiger partial charge in [-0.3, -0.25) is 4.57 Å². The fraction of sp³-hybridized carbons (Fsp3) is 0.640. The van der Waals surface area contributed by atoms with Crippen molar-refractivity contribution in [2.75, 3.05) is 0 Å². The van der Waals surface area contributed by atoms with Crippen molar-refractivity contribution < 1.29 is 22.7 Å². The molecular formula is C25H28F3N3O2. The Morgan fingerprint density at radius 3 is 2.24 bits per heavy atom. The van der Waals surface area contributed by atoms with Gasteiger partial charge in [-0.2, -0.15) is 13.2 Å². The molecule has 0 saturated heterocycles. The zero-order valence-electron chi connectivity index (χ0n) is 18.4. The summed E-state index contributed by atoms with van der Waals surface area (Å²) in [6, 6.07) is 10.0. The molecule has 0 spiro atoms. The lowest BCUT2D eigenvalue weighted by atomic mass is 9.49. The second-order valence-electron chi connectivity index (χ2n) is 10.8. The van der Waals surface area contributed by atoms with E-state index in [0.29, 0.717) is 36.4 Å². The number of esters is 1. The number of hydrogen-bond acceptors (Lipinski definition) is 4. The van der Waals surface area contributed by atoms with Crippen molar-refractivity contribution in [2.24, 2.45) is 17.8 Å². The van der Waals surface area contributed by atoms with Crippen LogP contribution in [0.4, 0.5) is 13.2 Å². The average Bonchev–Trinajstić information content (AvgIpc) is 3.21. The van der Waals surface area contributed by atoms with Crippen LogP contribution in [0, 0.1) is 17.8 Å². The van der Waals surface area contributed by atoms with Crippen molar-refractivity contribution in [3.05, 3.63) is 47.5 Å². The molecule has 176 valence electrons. The molecule has 1 aromatic carbocycles. The van der Waals surface area contributed by atoms with Crippen molar-refractivity contribution >= 4 is 5.97 Å². The van der Waals surface area contributed by atoms with Crippen LogP contribution in [0.2, 0.25) is 0 Å². The van der Waals surface area contributed by atoms with E-state index in [1.165, 1.54) is 19.3 Å². The fourth-order valence-corrected chi connectivity index (χ4v) is 7.61. The number of carbonyl (C=O) groups is 1. The minimum Gasteiger partial charge on any atom is -0.434 e. The van der Waals surface area contributed by atoms with Crippen molar-refractivity contribution in [2.45, 2.75) is 81.5 Å². The molecule has 0 amide bonds. The number of carbonyl (C=O) groups excluding carboxylic acids is 1. The van der Waals surface area contributed by atoms with Crippen molar-refractivity contribution in [1.82, 2.24) is 14.8 Å². The number of aromatic nitrogens is 3. The van der Waals surface area contributed by atoms with Gasteiger partial charge in [-0.15, -0.1) is 10.2 Å². The maximum atomic E-state index is 13.1. The Morgan fingerprint density at radius 2 is 1.64 bits per heavy atom. The van der Waals surface area contributed by atoms with Crippen molar-refractivity contribution in [1.29, 1.82) is 0 Å². The van der Waals surface area contributed by atoms with E-state index < -0.39 is 18.4 Å². The highest BCUT2D eigenvalue weighted by Gasteiger charge is 2.55. The molecule has 1 aliphatic heterocycles. The Hall–Kier alpha value is -2.38. The van der Waals surface area contributed by atoms with Crippen LogP contribution < -0.4 is 0 Å². The van der Waals surface area contributed by atoms with Gasteiger partial charge < -0.3 is 4.74 Å². The van der Waals surface area contributed by atoms with E-state index >= 15 is 0 Å². The largest absolute Gasteiger partial charge is 0.491 e. The third kappa shape index (κ3) is 3.66. The monoisotopic (exact) mass is 459 g/mol. The first-order valence-corrected chi connectivity index (χ1v) is 12.1. The van der Waals surface area contributed by atoms with E-state index in [4.69, 9.17) is 4.74 Å². The summed E-state index contributed by atoms with van der Waals surface area (Å²) in [6.45, 7) is 0. The molecule has 33 heavy (non-hydrogen) atoms. The standard InChI is InChI=1S/C25H28F3N3O2/c26-25(27,28)23(32)33-20-7-6-19(11-15-4-2-1-3-5-15)21-29-30-22(31(20)21)24-12-16-8-17(13-24)10-18(9-16)14-24/h1-5,16-20H,6-14H2. The molecule has 2 aromatic rings. The second-order valence-corrected chi connectivity index (χ2v) is 10.8. The number of ether oxygens (including phenoxy) is 1. The molecule has 0 N–H and O–H groups in total. The zero-order valence-corrected chi connectivity index (χ0v) is 18.4. The number of hydrogen-bond donors (Lipinski definition) is 0. The smallest absolute Gasteiger partial charge is 0.434 e. The SMILES string of the molecule is O=C(OC1CCC(Cc2ccccc2)c2nnc(C34CC5CC(CC(C5)C3)C4)n21)C(F)(F)F. The summed E-state index contributed by atoms with van der Waals surface area (Å²) in [7, 11) is 0. The molecule has 4 fully saturated rings. The lowest BCUT2D eigenvalue weighted by molar-refractivity contribution is -0.210. The Balaban J connectivity index is 1.39. The van der Waals surface area contributed by atoms with E-state index in [2.05, 4.69) is 22.3 Å². The quantitative estimate of drug-likeness (QED) is 0.569. The summed E-state index contributed by atoms with van der Waals surface area (Å²) >= 11 is 0. The van der Waals surface area contributed by atoms with Crippen LogP contribution >= 0.6 is 0 Å². The van der Waals surface area contributed by atoms with Gasteiger partial charge in [-0.05, 0) is 74.7 Å². The molecule has 2 atom stereocenters. The highest BCUT2D eigenvalue weighted by atomic mass is 19.4. The Bertz CT molecular complexity index is 1010. The molecule has 5 nitrogen and oxygen atoms in total. The number of alkyl halides is 3. The molecular weight excluding hydrogens is 431 g/mol. The van der Waals surface area contributed by atoms with Crippen molar-refractivity contribution in [3.8, 4) is 0 Å². The van der Waals surface area contributed by atoms with Gasteiger partial charge in [-0.25, -0.2) is 4.79 Å². The molecule has 4 aliphatic carbocycles. The number of nitrogens with zero attached hydrogens (tertiary/aromatic N) is 3. The first-order valence-electron chi connectivity index (χ1n) is 12.1. The maximum absolute atomic E-state index is 13.1. The third-order valence-electron chi connectivity index (χ3n) is 8.45. The molecule has 0 radical (unpaired) electrons. The summed E-state index contributed by atoms with van der Waals surface area (Å²) in [4.78, 5) is 11.8. The maximum Gasteiger partial charge on any atom is 0.491 e. The minimum atomic E-state index is -5.02. The van der Waals surface area contributed by atoms with Crippen LogP contribution in [0.1, 0.15) is 80.7 Å². The lowest BCUT2D eigenvalue weighted by Crippen LogP contribution is -2.50. The van der Waals surface area contributed by atoms with Gasteiger partial charge >= 0.3 is 12.1 Å². The first-order chi connectivity index (χ1) is 15.8. The van der Waals surface area contributed by atoms with Gasteiger partial charge in [0.2, 0.25) is 0 Å². The molecule has 4 saturated carbocycles. The Kier molecular flexibility index (Phi) is 4.86. The summed E-state index contributed by atoms with van der Waals surface area (Å²) in [6.07, 6.45) is 2.46. The summed E-state index contributed by atoms with van der Waals surface area (Å²) in [5, 5.41) is 9.19. The van der Waals surface area contributed by atoms with Gasteiger partial charge in [0.15, 0.2) is 6.23 Å². The van der Waals surface area contributed by atoms with Crippen LogP contribution in [-0.2, 0) is 21.4 Å². The van der Waals surface area contributed by atoms with Crippen LogP contribution in [0.3, 0.4) is 0 Å². The molecule has 2 unspecified atom stereocenters. The van der Waals surface area contributed by atoms with Crippen LogP contribution in [0.25, 0.3) is 0 Å². The molecule has 2 heterocycles.